The van der Waals surface area contributed by atoms with Crippen molar-refractivity contribution in [1.82, 2.24) is 10.2 Å². The van der Waals surface area contributed by atoms with Gasteiger partial charge in [-0.2, -0.15) is 0 Å². The number of hydrogen-bond donors (Lipinski definition) is 1. The van der Waals surface area contributed by atoms with E-state index < -0.39 is 6.04 Å². The molecular formula is C25H33FN2O2. The number of benzene rings is 2. The van der Waals surface area contributed by atoms with Crippen molar-refractivity contribution < 1.29 is 14.0 Å². The Morgan fingerprint density at radius 2 is 1.47 bits per heavy atom. The molecule has 0 aliphatic carbocycles. The number of nitrogens with zero attached hydrogens (tertiary/aromatic N) is 1. The van der Waals surface area contributed by atoms with Crippen molar-refractivity contribution in [2.45, 2.75) is 72.0 Å². The van der Waals surface area contributed by atoms with Crippen molar-refractivity contribution >= 4 is 11.8 Å². The van der Waals surface area contributed by atoms with E-state index in [4.69, 9.17) is 0 Å². The number of carbonyl (C=O) groups is 2. The summed E-state index contributed by atoms with van der Waals surface area (Å²) in [5, 5.41) is 2.87. The number of carbonyl (C=O) groups excluding carboxylic acids is 2. The summed E-state index contributed by atoms with van der Waals surface area (Å²) in [7, 11) is 0. The molecule has 2 aromatic carbocycles. The molecule has 30 heavy (non-hydrogen) atoms. The van der Waals surface area contributed by atoms with Gasteiger partial charge < -0.3 is 10.2 Å². The van der Waals surface area contributed by atoms with Gasteiger partial charge in [-0.05, 0) is 61.9 Å². The zero-order valence-corrected chi connectivity index (χ0v) is 18.6. The number of aryl methyl sites for hydroxylation is 1. The van der Waals surface area contributed by atoms with Crippen LogP contribution in [0, 0.1) is 5.82 Å². The zero-order valence-electron chi connectivity index (χ0n) is 18.6. The minimum atomic E-state index is -0.617. The summed E-state index contributed by atoms with van der Waals surface area (Å²) in [5.74, 6) is -0.153. The molecule has 0 heterocycles. The third kappa shape index (κ3) is 6.97. The first-order chi connectivity index (χ1) is 14.2. The first kappa shape index (κ1) is 23.6. The van der Waals surface area contributed by atoms with Crippen LogP contribution < -0.4 is 5.32 Å². The van der Waals surface area contributed by atoms with E-state index in [2.05, 4.69) is 43.4 Å². The summed E-state index contributed by atoms with van der Waals surface area (Å²) in [4.78, 5) is 27.2. The molecule has 1 atom stereocenters. The minimum absolute atomic E-state index is 0.0119. The third-order valence-corrected chi connectivity index (χ3v) is 5.14. The second-order valence-electron chi connectivity index (χ2n) is 8.38. The largest absolute Gasteiger partial charge is 0.352 e. The second kappa shape index (κ2) is 10.9. The lowest BCUT2D eigenvalue weighted by molar-refractivity contribution is -0.140. The molecule has 0 spiro atoms. The summed E-state index contributed by atoms with van der Waals surface area (Å²) >= 11 is 0. The summed E-state index contributed by atoms with van der Waals surface area (Å²) in [5.41, 5.74) is 3.14. The van der Waals surface area contributed by atoms with Gasteiger partial charge in [-0.15, -0.1) is 0 Å². The molecule has 4 nitrogen and oxygen atoms in total. The molecule has 2 aromatic rings. The van der Waals surface area contributed by atoms with Crippen LogP contribution in [0.4, 0.5) is 4.39 Å². The van der Waals surface area contributed by atoms with Crippen LogP contribution in [0.2, 0.25) is 0 Å². The molecule has 2 amide bonds. The predicted molar refractivity (Wildman–Crippen MR) is 119 cm³/mol. The fraction of sp³-hybridized carbons (Fsp3) is 0.440. The minimum Gasteiger partial charge on any atom is -0.352 e. The van der Waals surface area contributed by atoms with E-state index in [0.29, 0.717) is 18.8 Å². The topological polar surface area (TPSA) is 49.4 Å². The van der Waals surface area contributed by atoms with Crippen molar-refractivity contribution in [3.8, 4) is 0 Å². The van der Waals surface area contributed by atoms with Gasteiger partial charge in [-0.1, -0.05) is 50.2 Å². The predicted octanol–water partition coefficient (Wildman–Crippen LogP) is 4.82. The fourth-order valence-electron chi connectivity index (χ4n) is 3.24. The lowest BCUT2D eigenvalue weighted by Gasteiger charge is -2.29. The van der Waals surface area contributed by atoms with Gasteiger partial charge in [-0.3, -0.25) is 9.59 Å². The van der Waals surface area contributed by atoms with Crippen LogP contribution in [0.5, 0.6) is 0 Å². The quantitative estimate of drug-likeness (QED) is 0.642. The molecule has 0 saturated heterocycles. The SMILES string of the molecule is CC(C)NC(=O)[C@H](C)N(Cc1ccc(F)cc1)C(=O)CCc1ccc(C(C)C)cc1. The maximum absolute atomic E-state index is 13.3. The van der Waals surface area contributed by atoms with E-state index in [-0.39, 0.29) is 30.2 Å². The molecule has 5 heteroatoms. The maximum atomic E-state index is 13.3. The van der Waals surface area contributed by atoms with Gasteiger partial charge in [0.1, 0.15) is 11.9 Å². The van der Waals surface area contributed by atoms with Gasteiger partial charge in [0.05, 0.1) is 0 Å². The van der Waals surface area contributed by atoms with Crippen LogP contribution in [-0.4, -0.2) is 28.8 Å². The molecule has 2 rings (SSSR count). The molecular weight excluding hydrogens is 379 g/mol. The van der Waals surface area contributed by atoms with Crippen LogP contribution in [-0.2, 0) is 22.6 Å². The number of amides is 2. The molecule has 0 unspecified atom stereocenters. The highest BCUT2D eigenvalue weighted by atomic mass is 19.1. The Balaban J connectivity index is 2.11. The summed E-state index contributed by atoms with van der Waals surface area (Å²) in [6, 6.07) is 13.7. The van der Waals surface area contributed by atoms with Gasteiger partial charge in [0.2, 0.25) is 11.8 Å². The molecule has 1 N–H and O–H groups in total. The number of halogens is 1. The Morgan fingerprint density at radius 3 is 2.00 bits per heavy atom. The van der Waals surface area contributed by atoms with E-state index in [9.17, 15) is 14.0 Å². The lowest BCUT2D eigenvalue weighted by atomic mass is 10.00. The first-order valence-electron chi connectivity index (χ1n) is 10.6. The summed E-state index contributed by atoms with van der Waals surface area (Å²) in [6.45, 7) is 10.1. The molecule has 0 fully saturated rings. The van der Waals surface area contributed by atoms with Crippen molar-refractivity contribution in [3.05, 3.63) is 71.0 Å². The molecule has 0 bridgehead atoms. The zero-order chi connectivity index (χ0) is 22.3. The van der Waals surface area contributed by atoms with Gasteiger partial charge >= 0.3 is 0 Å². The Morgan fingerprint density at radius 1 is 0.900 bits per heavy atom. The third-order valence-electron chi connectivity index (χ3n) is 5.14. The number of hydrogen-bond acceptors (Lipinski definition) is 2. The highest BCUT2D eigenvalue weighted by molar-refractivity contribution is 5.87. The highest BCUT2D eigenvalue weighted by Crippen LogP contribution is 2.17. The van der Waals surface area contributed by atoms with Crippen LogP contribution in [0.1, 0.15) is 63.6 Å². The Labute approximate surface area is 179 Å². The van der Waals surface area contributed by atoms with Crippen molar-refractivity contribution in [2.24, 2.45) is 0 Å². The van der Waals surface area contributed by atoms with Crippen LogP contribution in [0.3, 0.4) is 0 Å². The van der Waals surface area contributed by atoms with Crippen LogP contribution >= 0.6 is 0 Å². The normalized spacial score (nSPS) is 12.1. The Kier molecular flexibility index (Phi) is 8.58. The number of rotatable bonds is 9. The van der Waals surface area contributed by atoms with E-state index >= 15 is 0 Å². The van der Waals surface area contributed by atoms with E-state index in [1.807, 2.05) is 13.8 Å². The van der Waals surface area contributed by atoms with Gasteiger partial charge in [0.25, 0.3) is 0 Å². The van der Waals surface area contributed by atoms with Crippen LogP contribution in [0.25, 0.3) is 0 Å². The van der Waals surface area contributed by atoms with E-state index in [1.165, 1.54) is 17.7 Å². The lowest BCUT2D eigenvalue weighted by Crippen LogP contribution is -2.49. The van der Waals surface area contributed by atoms with E-state index in [0.717, 1.165) is 11.1 Å². The Hall–Kier alpha value is -2.69. The molecule has 162 valence electrons. The van der Waals surface area contributed by atoms with Crippen LogP contribution in [0.15, 0.2) is 48.5 Å². The average molecular weight is 413 g/mol. The number of nitrogens with one attached hydrogen (secondary N) is 1. The van der Waals surface area contributed by atoms with Gasteiger partial charge in [-0.25, -0.2) is 4.39 Å². The second-order valence-corrected chi connectivity index (χ2v) is 8.38. The van der Waals surface area contributed by atoms with Crippen molar-refractivity contribution in [1.29, 1.82) is 0 Å². The summed E-state index contributed by atoms with van der Waals surface area (Å²) < 4.78 is 13.3. The monoisotopic (exact) mass is 412 g/mol. The molecule has 0 radical (unpaired) electrons. The van der Waals surface area contributed by atoms with E-state index in [1.54, 1.807) is 24.0 Å². The highest BCUT2D eigenvalue weighted by Gasteiger charge is 2.26. The maximum Gasteiger partial charge on any atom is 0.242 e. The molecule has 0 aliphatic heterocycles. The summed E-state index contributed by atoms with van der Waals surface area (Å²) in [6.07, 6.45) is 0.914. The standard InChI is InChI=1S/C25H33FN2O2/c1-17(2)22-11-6-20(7-12-22)10-15-24(29)28(19(5)25(30)27-18(3)4)16-21-8-13-23(26)14-9-21/h6-9,11-14,17-19H,10,15-16H2,1-5H3,(H,27,30)/t19-/m0/s1. The molecule has 0 aliphatic rings. The average Bonchev–Trinajstić information content (AvgIpc) is 2.70. The van der Waals surface area contributed by atoms with Crippen molar-refractivity contribution in [2.75, 3.05) is 0 Å². The molecule has 0 aromatic heterocycles. The first-order valence-corrected chi connectivity index (χ1v) is 10.6. The smallest absolute Gasteiger partial charge is 0.242 e. The van der Waals surface area contributed by atoms with Gasteiger partial charge in [0, 0.05) is 19.0 Å². The van der Waals surface area contributed by atoms with Gasteiger partial charge in [0.15, 0.2) is 0 Å². The fourth-order valence-corrected chi connectivity index (χ4v) is 3.24. The Bertz CT molecular complexity index is 829. The molecule has 0 saturated carbocycles. The van der Waals surface area contributed by atoms with Crippen molar-refractivity contribution in [3.63, 3.8) is 0 Å².